The van der Waals surface area contributed by atoms with Crippen LogP contribution in [0.25, 0.3) is 11.0 Å². The number of imidazole rings is 1. The molecule has 1 aliphatic heterocycles. The number of para-hydroxylation sites is 3. The van der Waals surface area contributed by atoms with E-state index in [1.807, 2.05) is 66.4 Å². The maximum Gasteiger partial charge on any atom is 0.329 e. The molecule has 4 rings (SSSR count). The molecule has 0 aliphatic carbocycles. The lowest BCUT2D eigenvalue weighted by atomic mass is 10.0. The summed E-state index contributed by atoms with van der Waals surface area (Å²) >= 11 is 0. The number of hydrogen-bond acceptors (Lipinski definition) is 3. The van der Waals surface area contributed by atoms with Gasteiger partial charge in [-0.05, 0) is 43.5 Å². The van der Waals surface area contributed by atoms with Crippen molar-refractivity contribution < 1.29 is 9.59 Å². The van der Waals surface area contributed by atoms with Crippen molar-refractivity contribution in [3.63, 3.8) is 0 Å². The van der Waals surface area contributed by atoms with Crippen LogP contribution in [0.5, 0.6) is 0 Å². The summed E-state index contributed by atoms with van der Waals surface area (Å²) in [5, 5.41) is 5.82. The highest BCUT2D eigenvalue weighted by molar-refractivity contribution is 5.89. The van der Waals surface area contributed by atoms with Gasteiger partial charge in [-0.2, -0.15) is 0 Å². The van der Waals surface area contributed by atoms with Gasteiger partial charge in [0.25, 0.3) is 0 Å². The number of carbonyl (C=O) groups is 2. The zero-order valence-corrected chi connectivity index (χ0v) is 19.0. The molecule has 0 bridgehead atoms. The molecule has 8 heteroatoms. The van der Waals surface area contributed by atoms with Gasteiger partial charge < -0.3 is 15.5 Å². The van der Waals surface area contributed by atoms with Crippen molar-refractivity contribution in [3.8, 4) is 0 Å². The van der Waals surface area contributed by atoms with Crippen molar-refractivity contribution in [2.24, 2.45) is 0 Å². The number of urea groups is 1. The van der Waals surface area contributed by atoms with E-state index >= 15 is 0 Å². The Balaban J connectivity index is 1.29. The lowest BCUT2D eigenvalue weighted by Gasteiger charge is -2.32. The van der Waals surface area contributed by atoms with Gasteiger partial charge >= 0.3 is 11.7 Å². The average molecular weight is 450 g/mol. The minimum absolute atomic E-state index is 0.0346. The summed E-state index contributed by atoms with van der Waals surface area (Å²) in [4.78, 5) is 39.8. The van der Waals surface area contributed by atoms with Crippen LogP contribution in [0.3, 0.4) is 0 Å². The first-order valence-corrected chi connectivity index (χ1v) is 11.6. The molecule has 2 heterocycles. The van der Waals surface area contributed by atoms with Gasteiger partial charge in [0.15, 0.2) is 0 Å². The second-order valence-corrected chi connectivity index (χ2v) is 8.44. The van der Waals surface area contributed by atoms with Crippen LogP contribution in [0.4, 0.5) is 10.5 Å². The quantitative estimate of drug-likeness (QED) is 0.579. The summed E-state index contributed by atoms with van der Waals surface area (Å²) in [6.07, 6.45) is 2.58. The van der Waals surface area contributed by atoms with E-state index in [1.54, 1.807) is 9.13 Å². The van der Waals surface area contributed by atoms with Gasteiger partial charge in [0, 0.05) is 44.3 Å². The molecule has 1 saturated heterocycles. The van der Waals surface area contributed by atoms with Crippen LogP contribution < -0.4 is 16.3 Å². The highest BCUT2D eigenvalue weighted by Crippen LogP contribution is 2.16. The Morgan fingerprint density at radius 3 is 2.15 bits per heavy atom. The lowest BCUT2D eigenvalue weighted by Crippen LogP contribution is -2.47. The molecule has 3 amide bonds. The molecule has 33 heavy (non-hydrogen) atoms. The van der Waals surface area contributed by atoms with Gasteiger partial charge in [-0.15, -0.1) is 0 Å². The minimum atomic E-state index is -0.228. The number of carbonyl (C=O) groups excluding carboxylic acids is 2. The number of anilines is 1. The highest BCUT2D eigenvalue weighted by Gasteiger charge is 2.24. The molecule has 3 aromatic rings. The Bertz CT molecular complexity index is 1160. The van der Waals surface area contributed by atoms with Crippen molar-refractivity contribution in [2.45, 2.75) is 51.7 Å². The standard InChI is InChI=1S/C25H31N5O3/c1-2-15-29-21-10-6-7-11-22(21)30(25(29)33)18-14-23(31)28-16-12-20(13-17-28)27-24(32)26-19-8-4-3-5-9-19/h3-11,20H,2,12-18H2,1H3,(H2,26,27,32). The van der Waals surface area contributed by atoms with Crippen LogP contribution in [0.2, 0.25) is 0 Å². The topological polar surface area (TPSA) is 88.4 Å². The fourth-order valence-corrected chi connectivity index (χ4v) is 4.44. The summed E-state index contributed by atoms with van der Waals surface area (Å²) in [7, 11) is 0. The predicted octanol–water partition coefficient (Wildman–Crippen LogP) is 3.42. The number of amides is 3. The fraction of sp³-hybridized carbons (Fsp3) is 0.400. The first-order valence-electron chi connectivity index (χ1n) is 11.6. The van der Waals surface area contributed by atoms with Crippen molar-refractivity contribution >= 4 is 28.7 Å². The molecule has 1 aliphatic rings. The molecule has 2 aromatic carbocycles. The molecule has 0 radical (unpaired) electrons. The first-order chi connectivity index (χ1) is 16.1. The average Bonchev–Trinajstić information content (AvgIpc) is 3.09. The molecule has 2 N–H and O–H groups in total. The van der Waals surface area contributed by atoms with Gasteiger partial charge in [0.2, 0.25) is 5.91 Å². The van der Waals surface area contributed by atoms with E-state index in [0.717, 1.165) is 23.1 Å². The SMILES string of the molecule is CCCn1c(=O)n(CCC(=O)N2CCC(NC(=O)Nc3ccccc3)CC2)c2ccccc21. The second kappa shape index (κ2) is 10.4. The summed E-state index contributed by atoms with van der Waals surface area (Å²) in [6.45, 7) is 4.28. The van der Waals surface area contributed by atoms with Crippen molar-refractivity contribution in [3.05, 3.63) is 65.1 Å². The van der Waals surface area contributed by atoms with Gasteiger partial charge in [-0.3, -0.25) is 13.9 Å². The van der Waals surface area contributed by atoms with E-state index in [-0.39, 0.29) is 30.1 Å². The molecule has 0 saturated carbocycles. The van der Waals surface area contributed by atoms with Crippen molar-refractivity contribution in [1.29, 1.82) is 0 Å². The minimum Gasteiger partial charge on any atom is -0.342 e. The molecule has 1 fully saturated rings. The highest BCUT2D eigenvalue weighted by atomic mass is 16.2. The Morgan fingerprint density at radius 1 is 0.909 bits per heavy atom. The van der Waals surface area contributed by atoms with Crippen LogP contribution in [-0.2, 0) is 17.9 Å². The Hall–Kier alpha value is -3.55. The van der Waals surface area contributed by atoms with Crippen LogP contribution in [0, 0.1) is 0 Å². The summed E-state index contributed by atoms with van der Waals surface area (Å²) in [5.41, 5.74) is 2.48. The maximum absolute atomic E-state index is 12.9. The summed E-state index contributed by atoms with van der Waals surface area (Å²) in [5.74, 6) is 0.0430. The number of aryl methyl sites for hydroxylation is 2. The molecule has 174 valence electrons. The number of benzene rings is 2. The van der Waals surface area contributed by atoms with Gasteiger partial charge in [0.1, 0.15) is 0 Å². The third-order valence-corrected chi connectivity index (χ3v) is 6.14. The number of piperidine rings is 1. The predicted molar refractivity (Wildman–Crippen MR) is 129 cm³/mol. The van der Waals surface area contributed by atoms with E-state index in [2.05, 4.69) is 10.6 Å². The normalized spacial score (nSPS) is 14.4. The lowest BCUT2D eigenvalue weighted by molar-refractivity contribution is -0.132. The molecular weight excluding hydrogens is 418 g/mol. The summed E-state index contributed by atoms with van der Waals surface area (Å²) in [6, 6.07) is 16.9. The van der Waals surface area contributed by atoms with Gasteiger partial charge in [-0.25, -0.2) is 9.59 Å². The van der Waals surface area contributed by atoms with E-state index < -0.39 is 0 Å². The Kier molecular flexibility index (Phi) is 7.12. The third kappa shape index (κ3) is 5.27. The van der Waals surface area contributed by atoms with Crippen LogP contribution in [-0.4, -0.2) is 45.1 Å². The zero-order chi connectivity index (χ0) is 23.2. The molecule has 1 aromatic heterocycles. The van der Waals surface area contributed by atoms with Crippen LogP contribution in [0.15, 0.2) is 59.4 Å². The molecule has 8 nitrogen and oxygen atoms in total. The first kappa shape index (κ1) is 22.6. The fourth-order valence-electron chi connectivity index (χ4n) is 4.44. The van der Waals surface area contributed by atoms with E-state index in [1.165, 1.54) is 0 Å². The number of likely N-dealkylation sites (tertiary alicyclic amines) is 1. The number of rotatable bonds is 7. The van der Waals surface area contributed by atoms with Crippen molar-refractivity contribution in [1.82, 2.24) is 19.4 Å². The number of nitrogens with one attached hydrogen (secondary N) is 2. The molecule has 0 atom stereocenters. The van der Waals surface area contributed by atoms with Gasteiger partial charge in [-0.1, -0.05) is 37.3 Å². The van der Waals surface area contributed by atoms with E-state index in [9.17, 15) is 14.4 Å². The maximum atomic E-state index is 12.9. The van der Waals surface area contributed by atoms with Crippen LogP contribution in [0.1, 0.15) is 32.6 Å². The Labute approximate surface area is 193 Å². The smallest absolute Gasteiger partial charge is 0.329 e. The molecule has 0 spiro atoms. The second-order valence-electron chi connectivity index (χ2n) is 8.44. The van der Waals surface area contributed by atoms with E-state index in [4.69, 9.17) is 0 Å². The molecule has 0 unspecified atom stereocenters. The van der Waals surface area contributed by atoms with Crippen LogP contribution >= 0.6 is 0 Å². The van der Waals surface area contributed by atoms with Gasteiger partial charge in [0.05, 0.1) is 11.0 Å². The third-order valence-electron chi connectivity index (χ3n) is 6.14. The number of aromatic nitrogens is 2. The van der Waals surface area contributed by atoms with E-state index in [0.29, 0.717) is 39.0 Å². The number of fused-ring (bicyclic) bond motifs is 1. The number of nitrogens with zero attached hydrogens (tertiary/aromatic N) is 3. The van der Waals surface area contributed by atoms with Crippen molar-refractivity contribution in [2.75, 3.05) is 18.4 Å². The zero-order valence-electron chi connectivity index (χ0n) is 19.0. The molecular formula is C25H31N5O3. The summed E-state index contributed by atoms with van der Waals surface area (Å²) < 4.78 is 3.50. The monoisotopic (exact) mass is 449 g/mol. The largest absolute Gasteiger partial charge is 0.342 e. The Morgan fingerprint density at radius 2 is 1.52 bits per heavy atom. The number of hydrogen-bond donors (Lipinski definition) is 2.